The number of H-pyrrole nitrogens is 1. The van der Waals surface area contributed by atoms with Crippen LogP contribution in [0.2, 0.25) is 0 Å². The van der Waals surface area contributed by atoms with E-state index in [4.69, 9.17) is 4.84 Å². The molecule has 0 aliphatic carbocycles. The number of aliphatic carboxylic acids is 1. The lowest BCUT2D eigenvalue weighted by Crippen LogP contribution is -2.66. The quantitative estimate of drug-likeness (QED) is 0.211. The zero-order chi connectivity index (χ0) is 27.5. The largest absolute Gasteiger partial charge is 0.478 e. The van der Waals surface area contributed by atoms with Crippen LogP contribution in [0.4, 0.5) is 0 Å². The minimum Gasteiger partial charge on any atom is -0.478 e. The van der Waals surface area contributed by atoms with Crippen molar-refractivity contribution >= 4 is 38.8 Å². The highest BCUT2D eigenvalue weighted by Gasteiger charge is 2.45. The number of hydrogen-bond donors (Lipinski definition) is 4. The fourth-order valence-corrected chi connectivity index (χ4v) is 6.41. The van der Waals surface area contributed by atoms with E-state index in [1.54, 1.807) is 38.2 Å². The lowest BCUT2D eigenvalue weighted by atomic mass is 10.0. The van der Waals surface area contributed by atoms with Crippen LogP contribution in [0.1, 0.15) is 48.2 Å². The van der Waals surface area contributed by atoms with Crippen LogP contribution in [0.25, 0.3) is 11.2 Å². The summed E-state index contributed by atoms with van der Waals surface area (Å²) in [4.78, 5) is 42.1. The van der Waals surface area contributed by atoms with Crippen molar-refractivity contribution in [1.29, 1.82) is 0 Å². The minimum absolute atomic E-state index is 0.00713. The number of carbonyl (C=O) groups is 2. The lowest BCUT2D eigenvalue weighted by Gasteiger charge is -2.31. The normalized spacial score (nSPS) is 15.1. The third kappa shape index (κ3) is 5.83. The average Bonchev–Trinajstić information content (AvgIpc) is 3.50. The van der Waals surface area contributed by atoms with Crippen LogP contribution in [0.3, 0.4) is 0 Å². The number of nitrogens with one attached hydrogen (secondary N) is 3. The molecule has 4 rings (SSSR count). The van der Waals surface area contributed by atoms with Crippen molar-refractivity contribution in [3.63, 3.8) is 0 Å². The number of sulfonamides is 1. The molecule has 0 radical (unpaired) electrons. The first-order chi connectivity index (χ1) is 18.0. The van der Waals surface area contributed by atoms with Gasteiger partial charge in [-0.3, -0.25) is 4.79 Å². The highest BCUT2D eigenvalue weighted by Crippen LogP contribution is 2.25. The molecular weight excluding hydrogens is 512 g/mol. The first-order valence-electron chi connectivity index (χ1n) is 12.2. The molecule has 4 N–H and O–H groups in total. The Morgan fingerprint density at radius 1 is 1.18 bits per heavy atom. The lowest BCUT2D eigenvalue weighted by molar-refractivity contribution is -0.148. The fourth-order valence-electron chi connectivity index (χ4n) is 4.64. The van der Waals surface area contributed by atoms with Crippen molar-refractivity contribution in [3.05, 3.63) is 53.0 Å². The van der Waals surface area contributed by atoms with E-state index in [1.165, 1.54) is 0 Å². The molecule has 0 spiro atoms. The summed E-state index contributed by atoms with van der Waals surface area (Å²) in [6, 6.07) is 7.05. The molecule has 1 amide bonds. The molecule has 1 unspecified atom stereocenters. The molecule has 0 fully saturated rings. The van der Waals surface area contributed by atoms with Crippen LogP contribution < -0.4 is 10.0 Å². The van der Waals surface area contributed by atoms with Gasteiger partial charge in [-0.25, -0.2) is 23.2 Å². The molecule has 1 aromatic carbocycles. The molecule has 38 heavy (non-hydrogen) atoms. The number of fused-ring (bicyclic) bond motifs is 1. The van der Waals surface area contributed by atoms with Gasteiger partial charge in [0.15, 0.2) is 5.65 Å². The summed E-state index contributed by atoms with van der Waals surface area (Å²) in [5, 5.41) is 16.3. The summed E-state index contributed by atoms with van der Waals surface area (Å²) in [6.45, 7) is 5.31. The average molecular weight is 543 g/mol. The van der Waals surface area contributed by atoms with Gasteiger partial charge in [-0.15, -0.1) is 0 Å². The number of amides is 1. The molecule has 202 valence electrons. The van der Waals surface area contributed by atoms with Gasteiger partial charge in [0, 0.05) is 19.0 Å². The predicted molar refractivity (Wildman–Crippen MR) is 139 cm³/mol. The number of aromatic nitrogens is 3. The summed E-state index contributed by atoms with van der Waals surface area (Å²) in [6.07, 6.45) is 2.81. The molecule has 1 aliphatic heterocycles. The van der Waals surface area contributed by atoms with E-state index in [-0.39, 0.29) is 36.5 Å². The molecule has 12 nitrogen and oxygen atoms in total. The number of carboxylic acid groups (broad SMARTS) is 1. The van der Waals surface area contributed by atoms with Crippen LogP contribution in [0, 0.1) is 20.8 Å². The van der Waals surface area contributed by atoms with E-state index in [0.29, 0.717) is 35.4 Å². The molecule has 1 aliphatic rings. The van der Waals surface area contributed by atoms with Gasteiger partial charge in [-0.1, -0.05) is 22.9 Å². The molecule has 3 heterocycles. The predicted octanol–water partition coefficient (Wildman–Crippen LogP) is 2.25. The molecule has 0 saturated carbocycles. The second-order valence-electron chi connectivity index (χ2n) is 9.38. The van der Waals surface area contributed by atoms with E-state index < -0.39 is 27.6 Å². The second-order valence-corrected chi connectivity index (χ2v) is 11.0. The topological polar surface area (TPSA) is 176 Å². The van der Waals surface area contributed by atoms with Crippen LogP contribution in [-0.2, 0) is 30.9 Å². The first-order valence-corrected chi connectivity index (χ1v) is 13.7. The Kier molecular flexibility index (Phi) is 7.78. The molecule has 0 saturated heterocycles. The standard InChI is InChI=1S/C25H30N6O6S/c1-15-13-16(2)21(17(3)14-15)38(35,36)31-25(24(33)34,29-23(32)19-9-12-37-30-19)10-5-4-8-20-27-18-7-6-11-26-22(18)28-20/h6-7,11,13-14,31H,4-5,8-10,12H2,1-3H3,(H,29,32)(H,33,34)(H,26,27,28). The van der Waals surface area contributed by atoms with E-state index in [9.17, 15) is 23.1 Å². The van der Waals surface area contributed by atoms with Gasteiger partial charge in [0.05, 0.1) is 10.4 Å². The number of carboxylic acids is 1. The van der Waals surface area contributed by atoms with E-state index in [2.05, 4.69) is 30.1 Å². The van der Waals surface area contributed by atoms with Gasteiger partial charge in [0.1, 0.15) is 18.1 Å². The monoisotopic (exact) mass is 542 g/mol. The number of rotatable bonds is 11. The van der Waals surface area contributed by atoms with Crippen LogP contribution >= 0.6 is 0 Å². The van der Waals surface area contributed by atoms with Crippen molar-refractivity contribution in [2.24, 2.45) is 5.16 Å². The maximum absolute atomic E-state index is 13.6. The Hall–Kier alpha value is -3.84. The third-order valence-corrected chi connectivity index (χ3v) is 8.06. The number of nitrogens with zero attached hydrogens (tertiary/aromatic N) is 3. The van der Waals surface area contributed by atoms with Gasteiger partial charge in [0.25, 0.3) is 5.91 Å². The summed E-state index contributed by atoms with van der Waals surface area (Å²) < 4.78 is 29.4. The summed E-state index contributed by atoms with van der Waals surface area (Å²) in [5.41, 5.74) is 0.835. The van der Waals surface area contributed by atoms with Crippen molar-refractivity contribution in [2.75, 3.05) is 6.61 Å². The van der Waals surface area contributed by atoms with E-state index >= 15 is 0 Å². The minimum atomic E-state index is -4.36. The van der Waals surface area contributed by atoms with Crippen molar-refractivity contribution in [1.82, 2.24) is 25.0 Å². The summed E-state index contributed by atoms with van der Waals surface area (Å²) in [7, 11) is -4.36. The van der Waals surface area contributed by atoms with Gasteiger partial charge in [-0.2, -0.15) is 4.72 Å². The van der Waals surface area contributed by atoms with E-state index in [1.807, 2.05) is 13.0 Å². The van der Waals surface area contributed by atoms with E-state index in [0.717, 1.165) is 11.1 Å². The Labute approximate surface area is 219 Å². The zero-order valence-corrected chi connectivity index (χ0v) is 22.2. The molecule has 13 heteroatoms. The third-order valence-electron chi connectivity index (χ3n) is 6.26. The number of hydrogen-bond acceptors (Lipinski definition) is 8. The summed E-state index contributed by atoms with van der Waals surface area (Å²) >= 11 is 0. The Bertz CT molecular complexity index is 1460. The number of imidazole rings is 1. The zero-order valence-electron chi connectivity index (χ0n) is 21.4. The van der Waals surface area contributed by atoms with Crippen molar-refractivity contribution < 1.29 is 28.0 Å². The molecule has 2 aromatic heterocycles. The first kappa shape index (κ1) is 27.2. The van der Waals surface area contributed by atoms with Crippen molar-refractivity contribution in [2.45, 2.75) is 63.4 Å². The molecule has 1 atom stereocenters. The van der Waals surface area contributed by atoms with Gasteiger partial charge < -0.3 is 20.2 Å². The van der Waals surface area contributed by atoms with Gasteiger partial charge >= 0.3 is 5.97 Å². The number of unbranched alkanes of at least 4 members (excludes halogenated alkanes) is 1. The Morgan fingerprint density at radius 3 is 2.55 bits per heavy atom. The van der Waals surface area contributed by atoms with Gasteiger partial charge in [0.2, 0.25) is 15.7 Å². The SMILES string of the molecule is Cc1cc(C)c(S(=O)(=O)NC(CCCCc2nc3ncccc3[nH]2)(NC(=O)C2=NOCC2)C(=O)O)c(C)c1. The van der Waals surface area contributed by atoms with Crippen LogP contribution in [-0.4, -0.2) is 58.3 Å². The molecule has 3 aromatic rings. The smallest absolute Gasteiger partial charge is 0.345 e. The van der Waals surface area contributed by atoms with Crippen molar-refractivity contribution in [3.8, 4) is 0 Å². The highest BCUT2D eigenvalue weighted by molar-refractivity contribution is 7.89. The van der Waals surface area contributed by atoms with Crippen LogP contribution in [0.15, 0.2) is 40.5 Å². The highest BCUT2D eigenvalue weighted by atomic mass is 32.2. The number of carbonyl (C=O) groups excluding carboxylic acids is 1. The Balaban J connectivity index is 1.59. The fraction of sp³-hybridized carbons (Fsp3) is 0.400. The number of aromatic amines is 1. The second kappa shape index (κ2) is 10.9. The molecular formula is C25H30N6O6S. The number of pyridine rings is 1. The summed E-state index contributed by atoms with van der Waals surface area (Å²) in [5.74, 6) is -1.68. The van der Waals surface area contributed by atoms with Gasteiger partial charge in [-0.05, 0) is 63.3 Å². The number of aryl methyl sites for hydroxylation is 4. The maximum Gasteiger partial charge on any atom is 0.345 e. The molecule has 0 bridgehead atoms. The number of oxime groups is 1. The van der Waals surface area contributed by atoms with Crippen LogP contribution in [0.5, 0.6) is 0 Å². The number of benzene rings is 1. The Morgan fingerprint density at radius 2 is 1.92 bits per heavy atom. The maximum atomic E-state index is 13.6.